The van der Waals surface area contributed by atoms with E-state index in [4.69, 9.17) is 5.73 Å². The number of nitrogen functional groups attached to an aromatic ring is 1. The van der Waals surface area contributed by atoms with Crippen molar-refractivity contribution < 1.29 is 5.11 Å². The number of nitrogens with two attached hydrogens (primary N) is 1. The molecular weight excluding hydrogens is 298 g/mol. The minimum absolute atomic E-state index is 0.478. The van der Waals surface area contributed by atoms with Gasteiger partial charge < -0.3 is 10.8 Å². The highest BCUT2D eigenvalue weighted by Crippen LogP contribution is 2.20. The summed E-state index contributed by atoms with van der Waals surface area (Å²) in [7, 11) is 0. The van der Waals surface area contributed by atoms with Gasteiger partial charge in [0, 0.05) is 45.0 Å². The van der Waals surface area contributed by atoms with E-state index in [1.54, 1.807) is 0 Å². The van der Waals surface area contributed by atoms with Crippen LogP contribution in [0.4, 0.5) is 5.69 Å². The summed E-state index contributed by atoms with van der Waals surface area (Å²) in [6.45, 7) is 7.72. The molecule has 3 rings (SSSR count). The molecule has 0 bridgehead atoms. The maximum Gasteiger partial charge on any atom is 0.0917 e. The average molecular weight is 325 g/mol. The number of β-amino-alcohol motifs (C(OH)–C–C–N with tert-alkyl or cyclic N) is 1. The molecule has 24 heavy (non-hydrogen) atoms. The molecule has 0 spiro atoms. The lowest BCUT2D eigenvalue weighted by Crippen LogP contribution is -2.47. The van der Waals surface area contributed by atoms with Gasteiger partial charge in [-0.15, -0.1) is 0 Å². The minimum atomic E-state index is -0.478. The van der Waals surface area contributed by atoms with E-state index in [-0.39, 0.29) is 0 Å². The topological polar surface area (TPSA) is 52.7 Å². The molecule has 1 aliphatic heterocycles. The molecule has 128 valence electrons. The molecule has 3 N–H and O–H groups in total. The Hall–Kier alpha value is -1.88. The Morgan fingerprint density at radius 3 is 2.33 bits per heavy atom. The Bertz CT molecular complexity index is 651. The van der Waals surface area contributed by atoms with Crippen molar-refractivity contribution in [1.29, 1.82) is 0 Å². The smallest absolute Gasteiger partial charge is 0.0917 e. The van der Waals surface area contributed by atoms with Gasteiger partial charge in [-0.05, 0) is 29.7 Å². The van der Waals surface area contributed by atoms with Crippen molar-refractivity contribution in [3.63, 3.8) is 0 Å². The van der Waals surface area contributed by atoms with Crippen LogP contribution in [0, 0.1) is 6.92 Å². The van der Waals surface area contributed by atoms with Crippen molar-refractivity contribution in [2.75, 3.05) is 38.5 Å². The monoisotopic (exact) mass is 325 g/mol. The predicted molar refractivity (Wildman–Crippen MR) is 98.7 cm³/mol. The van der Waals surface area contributed by atoms with Crippen LogP contribution in [-0.4, -0.2) is 47.6 Å². The van der Waals surface area contributed by atoms with E-state index in [9.17, 15) is 5.11 Å². The number of anilines is 1. The van der Waals surface area contributed by atoms with Gasteiger partial charge in [-0.25, -0.2) is 0 Å². The van der Waals surface area contributed by atoms with E-state index >= 15 is 0 Å². The molecule has 1 unspecified atom stereocenters. The number of benzene rings is 2. The van der Waals surface area contributed by atoms with Crippen molar-refractivity contribution in [3.8, 4) is 0 Å². The van der Waals surface area contributed by atoms with Crippen molar-refractivity contribution in [2.45, 2.75) is 19.6 Å². The maximum absolute atomic E-state index is 10.5. The van der Waals surface area contributed by atoms with Gasteiger partial charge in [-0.3, -0.25) is 9.80 Å². The first-order valence-corrected chi connectivity index (χ1v) is 8.64. The third kappa shape index (κ3) is 4.35. The average Bonchev–Trinajstić information content (AvgIpc) is 2.60. The second-order valence-corrected chi connectivity index (χ2v) is 6.69. The lowest BCUT2D eigenvalue weighted by atomic mass is 10.0. The maximum atomic E-state index is 10.5. The second kappa shape index (κ2) is 7.79. The first-order valence-electron chi connectivity index (χ1n) is 8.64. The first kappa shape index (κ1) is 17.0. The molecule has 2 aromatic carbocycles. The number of piperazine rings is 1. The van der Waals surface area contributed by atoms with Crippen molar-refractivity contribution >= 4 is 5.69 Å². The number of rotatable bonds is 5. The SMILES string of the molecule is Cc1ccc(C(O)CN2CCN(Cc3ccccc3)CC2)cc1N. The van der Waals surface area contributed by atoms with Crippen molar-refractivity contribution in [2.24, 2.45) is 0 Å². The van der Waals surface area contributed by atoms with Crippen LogP contribution in [0.3, 0.4) is 0 Å². The largest absolute Gasteiger partial charge is 0.399 e. The van der Waals surface area contributed by atoms with Crippen LogP contribution in [0.25, 0.3) is 0 Å². The molecule has 0 radical (unpaired) electrons. The quantitative estimate of drug-likeness (QED) is 0.829. The Morgan fingerprint density at radius 1 is 1.00 bits per heavy atom. The molecule has 4 nitrogen and oxygen atoms in total. The molecule has 0 aliphatic carbocycles. The van der Waals surface area contributed by atoms with Gasteiger partial charge in [0.1, 0.15) is 0 Å². The molecule has 4 heteroatoms. The summed E-state index contributed by atoms with van der Waals surface area (Å²) in [5.41, 5.74) is 10.0. The summed E-state index contributed by atoms with van der Waals surface area (Å²) in [4.78, 5) is 4.81. The second-order valence-electron chi connectivity index (χ2n) is 6.69. The van der Waals surface area contributed by atoms with Crippen molar-refractivity contribution in [3.05, 3.63) is 65.2 Å². The first-order chi connectivity index (χ1) is 11.6. The fourth-order valence-corrected chi connectivity index (χ4v) is 3.19. The standard InChI is InChI=1S/C20H27N3O/c1-16-7-8-18(13-19(16)21)20(24)15-23-11-9-22(10-12-23)14-17-5-3-2-4-6-17/h2-8,13,20,24H,9-12,14-15,21H2,1H3. The predicted octanol–water partition coefficient (Wildman–Crippen LogP) is 2.43. The van der Waals surface area contributed by atoms with Gasteiger partial charge in [0.05, 0.1) is 6.10 Å². The van der Waals surface area contributed by atoms with Gasteiger partial charge in [-0.1, -0.05) is 42.5 Å². The van der Waals surface area contributed by atoms with E-state index in [2.05, 4.69) is 40.1 Å². The van der Waals surface area contributed by atoms with E-state index in [0.29, 0.717) is 6.54 Å². The van der Waals surface area contributed by atoms with Crippen LogP contribution >= 0.6 is 0 Å². The van der Waals surface area contributed by atoms with E-state index in [1.807, 2.05) is 25.1 Å². The van der Waals surface area contributed by atoms with E-state index in [0.717, 1.165) is 49.5 Å². The molecule has 1 heterocycles. The lowest BCUT2D eigenvalue weighted by molar-refractivity contribution is 0.0701. The highest BCUT2D eigenvalue weighted by Gasteiger charge is 2.20. The number of aliphatic hydroxyl groups excluding tert-OH is 1. The van der Waals surface area contributed by atoms with Gasteiger partial charge in [0.15, 0.2) is 0 Å². The molecule has 0 amide bonds. The molecule has 1 fully saturated rings. The Balaban J connectivity index is 1.49. The Labute approximate surface area is 144 Å². The fourth-order valence-electron chi connectivity index (χ4n) is 3.19. The number of aryl methyl sites for hydroxylation is 1. The van der Waals surface area contributed by atoms with Gasteiger partial charge >= 0.3 is 0 Å². The van der Waals surface area contributed by atoms with Gasteiger partial charge in [0.2, 0.25) is 0 Å². The van der Waals surface area contributed by atoms with Crippen molar-refractivity contribution in [1.82, 2.24) is 9.80 Å². The highest BCUT2D eigenvalue weighted by atomic mass is 16.3. The minimum Gasteiger partial charge on any atom is -0.399 e. The Kier molecular flexibility index (Phi) is 5.51. The molecule has 0 aromatic heterocycles. The van der Waals surface area contributed by atoms with Crippen LogP contribution in [0.15, 0.2) is 48.5 Å². The van der Waals surface area contributed by atoms with E-state index in [1.165, 1.54) is 5.56 Å². The molecule has 2 aromatic rings. The Morgan fingerprint density at radius 2 is 1.67 bits per heavy atom. The number of aliphatic hydroxyl groups is 1. The molecule has 1 saturated heterocycles. The summed E-state index contributed by atoms with van der Waals surface area (Å²) < 4.78 is 0. The van der Waals surface area contributed by atoms with Crippen LogP contribution in [0.1, 0.15) is 22.8 Å². The highest BCUT2D eigenvalue weighted by molar-refractivity contribution is 5.48. The normalized spacial score (nSPS) is 17.8. The summed E-state index contributed by atoms with van der Waals surface area (Å²) in [5.74, 6) is 0. The lowest BCUT2D eigenvalue weighted by Gasteiger charge is -2.35. The molecular formula is C20H27N3O. The van der Waals surface area contributed by atoms with Crippen LogP contribution in [0.5, 0.6) is 0 Å². The van der Waals surface area contributed by atoms with Crippen LogP contribution in [-0.2, 0) is 6.54 Å². The fraction of sp³-hybridized carbons (Fsp3) is 0.400. The summed E-state index contributed by atoms with van der Waals surface area (Å²) in [6.07, 6.45) is -0.478. The zero-order valence-corrected chi connectivity index (χ0v) is 14.4. The number of nitrogens with zero attached hydrogens (tertiary/aromatic N) is 2. The van der Waals surface area contributed by atoms with Crippen LogP contribution < -0.4 is 5.73 Å². The summed E-state index contributed by atoms with van der Waals surface area (Å²) in [5, 5.41) is 10.5. The zero-order valence-electron chi connectivity index (χ0n) is 14.4. The number of hydrogen-bond donors (Lipinski definition) is 2. The van der Waals surface area contributed by atoms with E-state index < -0.39 is 6.10 Å². The number of hydrogen-bond acceptors (Lipinski definition) is 4. The summed E-state index contributed by atoms with van der Waals surface area (Å²) in [6, 6.07) is 16.4. The zero-order chi connectivity index (χ0) is 16.9. The molecule has 1 aliphatic rings. The third-order valence-electron chi connectivity index (χ3n) is 4.83. The van der Waals surface area contributed by atoms with Gasteiger partial charge in [0.25, 0.3) is 0 Å². The summed E-state index contributed by atoms with van der Waals surface area (Å²) >= 11 is 0. The third-order valence-corrected chi connectivity index (χ3v) is 4.83. The molecule has 1 atom stereocenters. The van der Waals surface area contributed by atoms with Gasteiger partial charge in [-0.2, -0.15) is 0 Å². The van der Waals surface area contributed by atoms with Crippen LogP contribution in [0.2, 0.25) is 0 Å². The molecule has 0 saturated carbocycles.